The third kappa shape index (κ3) is 3.14. The Morgan fingerprint density at radius 2 is 1.95 bits per heavy atom. The maximum Gasteiger partial charge on any atom is 0.312 e. The van der Waals surface area contributed by atoms with Crippen molar-refractivity contribution >= 4 is 5.97 Å². The maximum atomic E-state index is 12.2. The summed E-state index contributed by atoms with van der Waals surface area (Å²) in [5.74, 6) is -0.401. The smallest absolute Gasteiger partial charge is 0.312 e. The van der Waals surface area contributed by atoms with Crippen LogP contribution in [0.1, 0.15) is 38.4 Å². The van der Waals surface area contributed by atoms with Crippen LogP contribution in [0.25, 0.3) is 0 Å². The molecule has 7 heteroatoms. The number of carbonyl (C=O) groups excluding carboxylic acids is 1. The number of ether oxygens (including phenoxy) is 3. The van der Waals surface area contributed by atoms with Gasteiger partial charge in [0.2, 0.25) is 11.8 Å². The molecule has 1 heterocycles. The summed E-state index contributed by atoms with van der Waals surface area (Å²) in [7, 11) is 2.94. The minimum Gasteiger partial charge on any atom is -0.481 e. The fourth-order valence-corrected chi connectivity index (χ4v) is 2.79. The Labute approximate surface area is 129 Å². The molecule has 2 rings (SSSR count). The summed E-state index contributed by atoms with van der Waals surface area (Å²) >= 11 is 0. The minimum absolute atomic E-state index is 0.140. The number of carbonyl (C=O) groups is 1. The number of aromatic nitrogens is 2. The van der Waals surface area contributed by atoms with Gasteiger partial charge in [0.1, 0.15) is 5.60 Å². The summed E-state index contributed by atoms with van der Waals surface area (Å²) in [5.41, 5.74) is -1.47. The summed E-state index contributed by atoms with van der Waals surface area (Å²) in [4.78, 5) is 20.6. The topological polar surface area (TPSA) is 90.8 Å². The molecule has 0 radical (unpaired) electrons. The van der Waals surface area contributed by atoms with Crippen molar-refractivity contribution in [2.45, 2.75) is 38.2 Å². The highest BCUT2D eigenvalue weighted by Gasteiger charge is 2.48. The van der Waals surface area contributed by atoms with Crippen molar-refractivity contribution in [3.63, 3.8) is 0 Å². The standard InChI is InChI=1S/C15H22N2O5/c1-4-22-13(18)10-7-5-6-8-15(10,19)14-16-11(20-2)9-12(17-14)21-3/h9-10,19H,4-8H2,1-3H3. The Morgan fingerprint density at radius 3 is 2.50 bits per heavy atom. The second-order valence-corrected chi connectivity index (χ2v) is 5.25. The first-order valence-electron chi connectivity index (χ1n) is 7.41. The van der Waals surface area contributed by atoms with E-state index in [-0.39, 0.29) is 24.2 Å². The molecular weight excluding hydrogens is 288 g/mol. The molecule has 1 fully saturated rings. The first kappa shape index (κ1) is 16.5. The quantitative estimate of drug-likeness (QED) is 0.823. The first-order valence-corrected chi connectivity index (χ1v) is 7.41. The zero-order valence-electron chi connectivity index (χ0n) is 13.2. The van der Waals surface area contributed by atoms with Gasteiger partial charge in [0.05, 0.1) is 32.8 Å². The van der Waals surface area contributed by atoms with Gasteiger partial charge in [0.15, 0.2) is 5.82 Å². The fraction of sp³-hybridized carbons (Fsp3) is 0.667. The Morgan fingerprint density at radius 1 is 1.32 bits per heavy atom. The van der Waals surface area contributed by atoms with Crippen LogP contribution in [0.4, 0.5) is 0 Å². The molecule has 0 bridgehead atoms. The van der Waals surface area contributed by atoms with Gasteiger partial charge >= 0.3 is 5.97 Å². The fourth-order valence-electron chi connectivity index (χ4n) is 2.79. The molecule has 122 valence electrons. The average Bonchev–Trinajstić information content (AvgIpc) is 2.54. The van der Waals surface area contributed by atoms with E-state index in [1.54, 1.807) is 6.92 Å². The third-order valence-corrected chi connectivity index (χ3v) is 3.93. The summed E-state index contributed by atoms with van der Waals surface area (Å²) in [6.45, 7) is 2.01. The lowest BCUT2D eigenvalue weighted by Crippen LogP contribution is -2.44. The van der Waals surface area contributed by atoms with Crippen LogP contribution in [0.5, 0.6) is 11.8 Å². The van der Waals surface area contributed by atoms with Gasteiger partial charge in [-0.1, -0.05) is 12.8 Å². The van der Waals surface area contributed by atoms with Crippen LogP contribution in [-0.2, 0) is 15.1 Å². The second kappa shape index (κ2) is 6.91. The lowest BCUT2D eigenvalue weighted by Gasteiger charge is -2.37. The first-order chi connectivity index (χ1) is 10.5. The highest BCUT2D eigenvalue weighted by molar-refractivity contribution is 5.74. The van der Waals surface area contributed by atoms with Gasteiger partial charge in [0, 0.05) is 0 Å². The van der Waals surface area contributed by atoms with Crippen LogP contribution in [0.15, 0.2) is 6.07 Å². The zero-order chi connectivity index (χ0) is 16.2. The van der Waals surface area contributed by atoms with Gasteiger partial charge < -0.3 is 19.3 Å². The van der Waals surface area contributed by atoms with Gasteiger partial charge in [-0.15, -0.1) is 0 Å². The van der Waals surface area contributed by atoms with Crippen molar-refractivity contribution < 1.29 is 24.1 Å². The monoisotopic (exact) mass is 310 g/mol. The largest absolute Gasteiger partial charge is 0.481 e. The van der Waals surface area contributed by atoms with Crippen LogP contribution >= 0.6 is 0 Å². The van der Waals surface area contributed by atoms with Crippen LogP contribution in [0.3, 0.4) is 0 Å². The minimum atomic E-state index is -1.47. The SMILES string of the molecule is CCOC(=O)C1CCCCC1(O)c1nc(OC)cc(OC)n1. The predicted octanol–water partition coefficient (Wildman–Crippen LogP) is 1.43. The zero-order valence-corrected chi connectivity index (χ0v) is 13.2. The van der Waals surface area contributed by atoms with E-state index in [0.717, 1.165) is 12.8 Å². The summed E-state index contributed by atoms with van der Waals surface area (Å²) in [6.07, 6.45) is 2.58. The van der Waals surface area contributed by atoms with Crippen LogP contribution in [-0.4, -0.2) is 41.9 Å². The maximum absolute atomic E-state index is 12.2. The normalized spacial score (nSPS) is 24.6. The summed E-state index contributed by atoms with van der Waals surface area (Å²) in [5, 5.41) is 11.1. The lowest BCUT2D eigenvalue weighted by molar-refractivity contribution is -0.164. The number of nitrogens with zero attached hydrogens (tertiary/aromatic N) is 2. The summed E-state index contributed by atoms with van der Waals surface area (Å²) in [6, 6.07) is 1.52. The number of rotatable bonds is 5. The van der Waals surface area contributed by atoms with Crippen molar-refractivity contribution in [3.8, 4) is 11.8 Å². The number of hydrogen-bond acceptors (Lipinski definition) is 7. The Bertz CT molecular complexity index is 514. The van der Waals surface area contributed by atoms with E-state index in [2.05, 4.69) is 9.97 Å². The van der Waals surface area contributed by atoms with Crippen molar-refractivity contribution in [1.29, 1.82) is 0 Å². The van der Waals surface area contributed by atoms with Crippen LogP contribution < -0.4 is 9.47 Å². The van der Waals surface area contributed by atoms with Gasteiger partial charge in [0.25, 0.3) is 0 Å². The van der Waals surface area contributed by atoms with Gasteiger partial charge in [-0.2, -0.15) is 9.97 Å². The van der Waals surface area contributed by atoms with Crippen LogP contribution in [0.2, 0.25) is 0 Å². The highest BCUT2D eigenvalue weighted by Crippen LogP contribution is 2.41. The number of methoxy groups -OCH3 is 2. The molecule has 1 N–H and O–H groups in total. The molecule has 1 aliphatic carbocycles. The molecule has 22 heavy (non-hydrogen) atoms. The van der Waals surface area contributed by atoms with E-state index < -0.39 is 17.5 Å². The molecule has 1 aromatic rings. The number of aliphatic hydroxyl groups is 1. The van der Waals surface area contributed by atoms with Gasteiger partial charge in [-0.05, 0) is 19.8 Å². The predicted molar refractivity (Wildman–Crippen MR) is 77.6 cm³/mol. The van der Waals surface area contributed by atoms with E-state index in [1.165, 1.54) is 20.3 Å². The number of esters is 1. The molecule has 0 aliphatic heterocycles. The number of hydrogen-bond donors (Lipinski definition) is 1. The van der Waals surface area contributed by atoms with E-state index in [1.807, 2.05) is 0 Å². The molecule has 7 nitrogen and oxygen atoms in total. The second-order valence-electron chi connectivity index (χ2n) is 5.25. The van der Waals surface area contributed by atoms with E-state index in [9.17, 15) is 9.90 Å². The van der Waals surface area contributed by atoms with Gasteiger partial charge in [-0.25, -0.2) is 0 Å². The van der Waals surface area contributed by atoms with Gasteiger partial charge in [-0.3, -0.25) is 4.79 Å². The van der Waals surface area contributed by atoms with E-state index >= 15 is 0 Å². The molecule has 2 unspecified atom stereocenters. The Hall–Kier alpha value is -1.89. The summed E-state index contributed by atoms with van der Waals surface area (Å²) < 4.78 is 15.3. The molecule has 2 atom stereocenters. The lowest BCUT2D eigenvalue weighted by atomic mass is 9.74. The van der Waals surface area contributed by atoms with E-state index in [0.29, 0.717) is 12.8 Å². The third-order valence-electron chi connectivity index (χ3n) is 3.93. The highest BCUT2D eigenvalue weighted by atomic mass is 16.5. The van der Waals surface area contributed by atoms with E-state index in [4.69, 9.17) is 14.2 Å². The molecule has 0 saturated heterocycles. The van der Waals surface area contributed by atoms with Crippen LogP contribution in [0, 0.1) is 5.92 Å². The molecule has 1 saturated carbocycles. The van der Waals surface area contributed by atoms with Crippen molar-refractivity contribution in [2.24, 2.45) is 5.92 Å². The molecule has 0 spiro atoms. The molecule has 1 aromatic heterocycles. The molecule has 1 aliphatic rings. The molecule has 0 aromatic carbocycles. The van der Waals surface area contributed by atoms with Crippen molar-refractivity contribution in [1.82, 2.24) is 9.97 Å². The Kier molecular flexibility index (Phi) is 5.18. The van der Waals surface area contributed by atoms with Crippen molar-refractivity contribution in [3.05, 3.63) is 11.9 Å². The average molecular weight is 310 g/mol. The Balaban J connectivity index is 2.43. The van der Waals surface area contributed by atoms with Crippen molar-refractivity contribution in [2.75, 3.05) is 20.8 Å². The molecule has 0 amide bonds. The molecular formula is C15H22N2O5.